The zero-order valence-electron chi connectivity index (χ0n) is 15.8. The first-order chi connectivity index (χ1) is 14.0. The van der Waals surface area contributed by atoms with Gasteiger partial charge in [0.2, 0.25) is 0 Å². The van der Waals surface area contributed by atoms with Crippen LogP contribution in [0.5, 0.6) is 5.75 Å². The number of aliphatic hydroxyl groups is 1. The summed E-state index contributed by atoms with van der Waals surface area (Å²) >= 11 is 0. The quantitative estimate of drug-likeness (QED) is 0.426. The van der Waals surface area contributed by atoms with Gasteiger partial charge in [-0.2, -0.15) is 0 Å². The van der Waals surface area contributed by atoms with E-state index in [9.17, 15) is 14.7 Å². The van der Waals surface area contributed by atoms with Crippen LogP contribution in [0.3, 0.4) is 0 Å². The number of carbonyl (C=O) groups excluding carboxylic acids is 1. The van der Waals surface area contributed by atoms with Gasteiger partial charge in [0, 0.05) is 22.1 Å². The fraction of sp³-hybridized carbons (Fsp3) is 0.227. The molecule has 2 aliphatic rings. The highest BCUT2D eigenvalue weighted by atomic mass is 16.5. The van der Waals surface area contributed by atoms with E-state index in [2.05, 4.69) is 6.58 Å². The molecule has 1 N–H and O–H groups in total. The lowest BCUT2D eigenvalue weighted by molar-refractivity contribution is -0.157. The second kappa shape index (κ2) is 6.28. The Morgan fingerprint density at radius 3 is 2.97 bits per heavy atom. The number of cyclic esters (lactones) is 1. The van der Waals surface area contributed by atoms with Gasteiger partial charge in [0.25, 0.3) is 5.56 Å². The number of rotatable bonds is 3. The molecule has 0 spiro atoms. The Morgan fingerprint density at radius 1 is 1.38 bits per heavy atom. The van der Waals surface area contributed by atoms with Crippen LogP contribution >= 0.6 is 0 Å². The van der Waals surface area contributed by atoms with Crippen LogP contribution in [0, 0.1) is 0 Å². The number of ether oxygens (including phenoxy) is 2. The van der Waals surface area contributed by atoms with Crippen molar-refractivity contribution in [2.45, 2.75) is 25.7 Å². The monoisotopic (exact) mass is 390 g/mol. The van der Waals surface area contributed by atoms with Crippen LogP contribution in [0.1, 0.15) is 28.4 Å². The van der Waals surface area contributed by atoms with Crippen LogP contribution in [-0.4, -0.2) is 27.7 Å². The number of aliphatic hydroxyl groups excluding tert-OH is 1. The maximum Gasteiger partial charge on any atom is 0.340 e. The van der Waals surface area contributed by atoms with E-state index in [1.165, 1.54) is 0 Å². The molecule has 1 atom stereocenters. The molecular formula is C22H18N2O5. The number of carbonyl (C=O) groups is 1. The summed E-state index contributed by atoms with van der Waals surface area (Å²) in [5, 5.41) is 11.1. The third-order valence-corrected chi connectivity index (χ3v) is 5.60. The third-order valence-electron chi connectivity index (χ3n) is 5.60. The summed E-state index contributed by atoms with van der Waals surface area (Å²) in [6.07, 6.45) is 0.995. The van der Waals surface area contributed by atoms with Crippen molar-refractivity contribution in [3.63, 3.8) is 0 Å². The molecule has 0 aliphatic carbocycles. The Labute approximate surface area is 165 Å². The van der Waals surface area contributed by atoms with Crippen LogP contribution < -0.4 is 10.3 Å². The van der Waals surface area contributed by atoms with E-state index < -0.39 is 12.1 Å². The normalized spacial score (nSPS) is 16.8. The first-order valence-corrected chi connectivity index (χ1v) is 9.25. The highest BCUT2D eigenvalue weighted by Crippen LogP contribution is 2.37. The molecule has 29 heavy (non-hydrogen) atoms. The van der Waals surface area contributed by atoms with E-state index in [4.69, 9.17) is 14.5 Å². The second-order valence-corrected chi connectivity index (χ2v) is 7.17. The van der Waals surface area contributed by atoms with E-state index >= 15 is 0 Å². The molecule has 0 saturated heterocycles. The average molecular weight is 390 g/mol. The Bertz CT molecular complexity index is 1270. The van der Waals surface area contributed by atoms with Gasteiger partial charge in [0.15, 0.2) is 6.10 Å². The van der Waals surface area contributed by atoms with Crippen LogP contribution in [-0.2, 0) is 29.1 Å². The summed E-state index contributed by atoms with van der Waals surface area (Å²) in [4.78, 5) is 29.5. The fourth-order valence-corrected chi connectivity index (χ4v) is 4.18. The molecule has 0 amide bonds. The third kappa shape index (κ3) is 2.44. The molecule has 146 valence electrons. The number of aromatic nitrogens is 2. The largest absolute Gasteiger partial charge is 0.496 e. The van der Waals surface area contributed by atoms with Crippen molar-refractivity contribution in [2.75, 3.05) is 7.11 Å². The molecule has 2 aliphatic heterocycles. The number of hydrogen-bond donors (Lipinski definition) is 1. The summed E-state index contributed by atoms with van der Waals surface area (Å²) in [7, 11) is 1.63. The van der Waals surface area contributed by atoms with Crippen molar-refractivity contribution in [1.82, 2.24) is 9.55 Å². The average Bonchev–Trinajstić information content (AvgIpc) is 3.08. The number of pyridine rings is 2. The minimum atomic E-state index is -1.45. The van der Waals surface area contributed by atoms with Crippen molar-refractivity contribution in [3.05, 3.63) is 69.5 Å². The Kier molecular flexibility index (Phi) is 3.82. The first kappa shape index (κ1) is 17.6. The molecule has 0 radical (unpaired) electrons. The minimum Gasteiger partial charge on any atom is -0.496 e. The number of hydrogen-bond acceptors (Lipinski definition) is 6. The van der Waals surface area contributed by atoms with Gasteiger partial charge in [-0.25, -0.2) is 9.78 Å². The van der Waals surface area contributed by atoms with Gasteiger partial charge in [0.1, 0.15) is 12.4 Å². The summed E-state index contributed by atoms with van der Waals surface area (Å²) in [6.45, 7) is 4.07. The molecule has 1 aromatic carbocycles. The van der Waals surface area contributed by atoms with Crippen LogP contribution in [0.15, 0.2) is 41.7 Å². The molecule has 7 nitrogen and oxygen atoms in total. The molecule has 4 heterocycles. The smallest absolute Gasteiger partial charge is 0.340 e. The standard InChI is InChI=1S/C22H18N2O5/c1-3-4-12-13-7-11-9-24-17(19(11)23-16(13)5-6-18(12)28-2)8-14-15(21(24)26)10-29-22(27)20(14)25/h3,5-8,20,25H,1,4,9-10H2,2H3/t20-/m0/s1. The summed E-state index contributed by atoms with van der Waals surface area (Å²) in [6, 6.07) is 7.46. The Balaban J connectivity index is 1.75. The van der Waals surface area contributed by atoms with Crippen LogP contribution in [0.4, 0.5) is 0 Å². The number of fused-ring (bicyclic) bond motifs is 5. The maximum absolute atomic E-state index is 13.0. The molecule has 0 bridgehead atoms. The van der Waals surface area contributed by atoms with Crippen molar-refractivity contribution in [3.8, 4) is 17.1 Å². The molecule has 3 aromatic rings. The molecule has 2 aromatic heterocycles. The summed E-state index contributed by atoms with van der Waals surface area (Å²) < 4.78 is 12.0. The van der Waals surface area contributed by atoms with Crippen LogP contribution in [0.2, 0.25) is 0 Å². The minimum absolute atomic E-state index is 0.128. The first-order valence-electron chi connectivity index (χ1n) is 9.25. The van der Waals surface area contributed by atoms with Gasteiger partial charge in [-0.3, -0.25) is 4.79 Å². The summed E-state index contributed by atoms with van der Waals surface area (Å²) in [5.41, 5.74) is 4.29. The number of methoxy groups -OCH3 is 1. The zero-order chi connectivity index (χ0) is 20.3. The van der Waals surface area contributed by atoms with Crippen molar-refractivity contribution >= 4 is 16.9 Å². The van der Waals surface area contributed by atoms with Gasteiger partial charge in [-0.1, -0.05) is 6.08 Å². The second-order valence-electron chi connectivity index (χ2n) is 7.17. The van der Waals surface area contributed by atoms with E-state index in [0.717, 1.165) is 27.8 Å². The maximum atomic E-state index is 13.0. The highest BCUT2D eigenvalue weighted by Gasteiger charge is 2.33. The predicted molar refractivity (Wildman–Crippen MR) is 106 cm³/mol. The molecule has 0 saturated carbocycles. The topological polar surface area (TPSA) is 90.7 Å². The molecule has 7 heteroatoms. The van der Waals surface area contributed by atoms with Gasteiger partial charge < -0.3 is 19.1 Å². The van der Waals surface area contributed by atoms with E-state index in [1.807, 2.05) is 24.3 Å². The van der Waals surface area contributed by atoms with Gasteiger partial charge in [0.05, 0.1) is 36.1 Å². The van der Waals surface area contributed by atoms with Crippen LogP contribution in [0.25, 0.3) is 22.3 Å². The number of nitrogens with zero attached hydrogens (tertiary/aromatic N) is 2. The van der Waals surface area contributed by atoms with Crippen molar-refractivity contribution < 1.29 is 19.4 Å². The fourth-order valence-electron chi connectivity index (χ4n) is 4.18. The van der Waals surface area contributed by atoms with Gasteiger partial charge in [-0.15, -0.1) is 6.58 Å². The van der Waals surface area contributed by atoms with Gasteiger partial charge in [-0.05, 0) is 30.7 Å². The van der Waals surface area contributed by atoms with E-state index in [1.54, 1.807) is 17.7 Å². The van der Waals surface area contributed by atoms with E-state index in [-0.39, 0.29) is 12.2 Å². The number of benzene rings is 1. The lowest BCUT2D eigenvalue weighted by atomic mass is 9.99. The molecule has 0 fully saturated rings. The highest BCUT2D eigenvalue weighted by molar-refractivity contribution is 5.89. The molecule has 0 unspecified atom stereocenters. The van der Waals surface area contributed by atoms with E-state index in [0.29, 0.717) is 35.5 Å². The molecule has 5 rings (SSSR count). The Hall–Kier alpha value is -3.45. The lowest BCUT2D eigenvalue weighted by Crippen LogP contribution is -2.32. The lowest BCUT2D eigenvalue weighted by Gasteiger charge is -2.21. The summed E-state index contributed by atoms with van der Waals surface area (Å²) in [5.74, 6) is 0.0220. The SMILES string of the molecule is C=CCc1c(OC)ccc2nc3c(cc12)Cn1c-3cc2c(c1=O)COC(=O)[C@H]2O. The number of esters is 1. The Morgan fingerprint density at radius 2 is 2.21 bits per heavy atom. The molecular weight excluding hydrogens is 372 g/mol. The number of allylic oxidation sites excluding steroid dienone is 1. The zero-order valence-corrected chi connectivity index (χ0v) is 15.8. The predicted octanol–water partition coefficient (Wildman–Crippen LogP) is 2.25. The van der Waals surface area contributed by atoms with Crippen molar-refractivity contribution in [1.29, 1.82) is 0 Å². The van der Waals surface area contributed by atoms with Crippen molar-refractivity contribution in [2.24, 2.45) is 0 Å². The van der Waals surface area contributed by atoms with Gasteiger partial charge >= 0.3 is 5.97 Å².